The Morgan fingerprint density at radius 3 is 2.18 bits per heavy atom. The van der Waals surface area contributed by atoms with E-state index in [1.807, 2.05) is 11.5 Å². The summed E-state index contributed by atoms with van der Waals surface area (Å²) in [6, 6.07) is 12.8. The molecule has 1 aromatic heterocycles. The minimum absolute atomic E-state index is 0.00333. The highest BCUT2D eigenvalue weighted by atomic mass is 32.2. The van der Waals surface area contributed by atoms with E-state index in [0.29, 0.717) is 34.0 Å². The van der Waals surface area contributed by atoms with E-state index < -0.39 is 22.6 Å². The van der Waals surface area contributed by atoms with Gasteiger partial charge in [0, 0.05) is 22.6 Å². The van der Waals surface area contributed by atoms with Crippen LogP contribution in [0, 0.1) is 13.8 Å². The van der Waals surface area contributed by atoms with Crippen LogP contribution < -0.4 is 14.6 Å². The molecule has 0 saturated carbocycles. The van der Waals surface area contributed by atoms with E-state index in [1.54, 1.807) is 43.3 Å². The van der Waals surface area contributed by atoms with Crippen molar-refractivity contribution in [2.75, 3.05) is 20.8 Å². The Bertz CT molecular complexity index is 1330. The smallest absolute Gasteiger partial charge is 0.310 e. The molecule has 0 bridgehead atoms. The Labute approximate surface area is 198 Å². The van der Waals surface area contributed by atoms with Gasteiger partial charge in [0.25, 0.3) is 0 Å². The van der Waals surface area contributed by atoms with Crippen molar-refractivity contribution >= 4 is 21.8 Å². The van der Waals surface area contributed by atoms with Crippen LogP contribution in [0.2, 0.25) is 0 Å². The lowest BCUT2D eigenvalue weighted by Gasteiger charge is -2.11. The summed E-state index contributed by atoms with van der Waals surface area (Å²) in [5.41, 5.74) is 3.15. The van der Waals surface area contributed by atoms with Gasteiger partial charge in [-0.15, -0.1) is 0 Å². The lowest BCUT2D eigenvalue weighted by Crippen LogP contribution is -2.16. The maximum Gasteiger partial charge on any atom is 0.310 e. The summed E-state index contributed by atoms with van der Waals surface area (Å²) in [7, 11) is -0.776. The highest BCUT2D eigenvalue weighted by molar-refractivity contribution is 7.89. The summed E-state index contributed by atoms with van der Waals surface area (Å²) < 4.78 is 40.4. The molecule has 0 unspecified atom stereocenters. The third kappa shape index (κ3) is 5.46. The lowest BCUT2D eigenvalue weighted by atomic mass is 10.1. The highest BCUT2D eigenvalue weighted by Gasteiger charge is 2.19. The van der Waals surface area contributed by atoms with Crippen molar-refractivity contribution in [1.29, 1.82) is 0 Å². The van der Waals surface area contributed by atoms with E-state index in [-0.39, 0.29) is 17.1 Å². The summed E-state index contributed by atoms with van der Waals surface area (Å²) in [6.07, 6.45) is -0.0247. The third-order valence-corrected chi connectivity index (χ3v) is 6.24. The molecule has 0 aliphatic heterocycles. The number of ether oxygens (including phenoxy) is 3. The van der Waals surface area contributed by atoms with Gasteiger partial charge in [-0.1, -0.05) is 6.07 Å². The zero-order valence-electron chi connectivity index (χ0n) is 19.3. The molecular formula is C24H26N2O7S. The maximum atomic E-state index is 12.8. The van der Waals surface area contributed by atoms with Crippen LogP contribution in [0.5, 0.6) is 11.5 Å². The third-order valence-electron chi connectivity index (χ3n) is 5.32. The Morgan fingerprint density at radius 2 is 1.59 bits per heavy atom. The fourth-order valence-electron chi connectivity index (χ4n) is 3.66. The fraction of sp³-hybridized carbons (Fsp3) is 0.250. The second-order valence-electron chi connectivity index (χ2n) is 7.61. The molecule has 2 N–H and O–H groups in total. The molecule has 0 fully saturated rings. The molecule has 0 radical (unpaired) electrons. The zero-order chi connectivity index (χ0) is 25.0. The molecule has 180 valence electrons. The summed E-state index contributed by atoms with van der Waals surface area (Å²) in [6.45, 7) is 3.18. The van der Waals surface area contributed by atoms with Crippen molar-refractivity contribution in [3.8, 4) is 17.2 Å². The van der Waals surface area contributed by atoms with Crippen molar-refractivity contribution in [2.24, 2.45) is 5.14 Å². The molecule has 0 spiro atoms. The maximum absolute atomic E-state index is 12.8. The topological polar surface area (TPSA) is 127 Å². The highest BCUT2D eigenvalue weighted by Crippen LogP contribution is 2.28. The molecule has 9 nitrogen and oxygen atoms in total. The van der Waals surface area contributed by atoms with Gasteiger partial charge >= 0.3 is 5.97 Å². The van der Waals surface area contributed by atoms with Gasteiger partial charge in [0.2, 0.25) is 15.8 Å². The molecule has 0 aliphatic carbocycles. The number of sulfonamides is 1. The summed E-state index contributed by atoms with van der Waals surface area (Å²) in [4.78, 5) is 25.0. The number of hydrogen-bond acceptors (Lipinski definition) is 7. The number of benzene rings is 2. The standard InChI is InChI=1S/C24H26N2O7S/c1-15-11-20(16(2)26(15)18-6-8-19(9-7-18)34(25,29)30)21(27)14-33-24(28)13-17-5-10-22(31-3)23(12-17)32-4/h5-12H,13-14H2,1-4H3,(H2,25,29,30). The molecule has 10 heteroatoms. The van der Waals surface area contributed by atoms with Crippen molar-refractivity contribution in [3.05, 3.63) is 71.0 Å². The van der Waals surface area contributed by atoms with Crippen LogP contribution >= 0.6 is 0 Å². The van der Waals surface area contributed by atoms with Crippen LogP contribution in [0.25, 0.3) is 5.69 Å². The molecule has 1 heterocycles. The van der Waals surface area contributed by atoms with Crippen LogP contribution in [0.4, 0.5) is 0 Å². The number of aromatic nitrogens is 1. The number of primary sulfonamides is 1. The number of nitrogens with zero attached hydrogens (tertiary/aromatic N) is 1. The number of nitrogens with two attached hydrogens (primary N) is 1. The molecule has 2 aromatic carbocycles. The van der Waals surface area contributed by atoms with Crippen LogP contribution in [-0.4, -0.2) is 45.6 Å². The molecule has 34 heavy (non-hydrogen) atoms. The number of Topliss-reactive ketones (excluding diaryl/α,β-unsaturated/α-hetero) is 1. The summed E-state index contributed by atoms with van der Waals surface area (Å²) in [5, 5.41) is 5.15. The number of methoxy groups -OCH3 is 2. The van der Waals surface area contributed by atoms with E-state index in [2.05, 4.69) is 0 Å². The van der Waals surface area contributed by atoms with Gasteiger partial charge in [-0.25, -0.2) is 13.6 Å². The minimum Gasteiger partial charge on any atom is -0.493 e. The number of rotatable bonds is 9. The predicted octanol–water partition coefficient (Wildman–Crippen LogP) is 2.73. The van der Waals surface area contributed by atoms with Crippen LogP contribution in [0.1, 0.15) is 27.3 Å². The molecular weight excluding hydrogens is 460 g/mol. The van der Waals surface area contributed by atoms with Gasteiger partial charge in [0.15, 0.2) is 18.1 Å². The Kier molecular flexibility index (Phi) is 7.43. The van der Waals surface area contributed by atoms with Crippen molar-refractivity contribution in [2.45, 2.75) is 25.2 Å². The van der Waals surface area contributed by atoms with E-state index in [9.17, 15) is 18.0 Å². The average Bonchev–Trinajstić information content (AvgIpc) is 3.10. The van der Waals surface area contributed by atoms with Gasteiger partial charge in [-0.05, 0) is 61.9 Å². The Hall–Kier alpha value is -3.63. The lowest BCUT2D eigenvalue weighted by molar-refractivity contribution is -0.141. The quantitative estimate of drug-likeness (QED) is 0.364. The fourth-order valence-corrected chi connectivity index (χ4v) is 4.17. The monoisotopic (exact) mass is 486 g/mol. The molecule has 3 aromatic rings. The number of esters is 1. The first-order valence-electron chi connectivity index (χ1n) is 10.3. The van der Waals surface area contributed by atoms with E-state index in [4.69, 9.17) is 19.3 Å². The number of ketones is 1. The van der Waals surface area contributed by atoms with E-state index in [1.165, 1.54) is 26.4 Å². The predicted molar refractivity (Wildman–Crippen MR) is 125 cm³/mol. The van der Waals surface area contributed by atoms with Gasteiger partial charge in [0.05, 0.1) is 25.5 Å². The van der Waals surface area contributed by atoms with Crippen molar-refractivity contribution in [3.63, 3.8) is 0 Å². The van der Waals surface area contributed by atoms with Gasteiger partial charge in [-0.2, -0.15) is 0 Å². The molecule has 3 rings (SSSR count). The Morgan fingerprint density at radius 1 is 0.941 bits per heavy atom. The zero-order valence-corrected chi connectivity index (χ0v) is 20.1. The second kappa shape index (κ2) is 10.1. The number of aryl methyl sites for hydroxylation is 1. The van der Waals surface area contributed by atoms with Gasteiger partial charge < -0.3 is 18.8 Å². The van der Waals surface area contributed by atoms with Crippen LogP contribution in [0.15, 0.2) is 53.4 Å². The Balaban J connectivity index is 1.69. The van der Waals surface area contributed by atoms with Crippen molar-refractivity contribution in [1.82, 2.24) is 4.57 Å². The van der Waals surface area contributed by atoms with Crippen LogP contribution in [0.3, 0.4) is 0 Å². The molecule has 0 amide bonds. The normalized spacial score (nSPS) is 11.2. The van der Waals surface area contributed by atoms with Gasteiger partial charge in [-0.3, -0.25) is 9.59 Å². The first-order valence-corrected chi connectivity index (χ1v) is 11.8. The van der Waals surface area contributed by atoms with Crippen LogP contribution in [-0.2, 0) is 26.0 Å². The largest absolute Gasteiger partial charge is 0.493 e. The number of carbonyl (C=O) groups excluding carboxylic acids is 2. The number of carbonyl (C=O) groups is 2. The first-order chi connectivity index (χ1) is 16.0. The molecule has 0 aliphatic rings. The SMILES string of the molecule is COc1ccc(CC(=O)OCC(=O)c2cc(C)n(-c3ccc(S(N)(=O)=O)cc3)c2C)cc1OC. The van der Waals surface area contributed by atoms with E-state index in [0.717, 1.165) is 5.69 Å². The first kappa shape index (κ1) is 25.0. The van der Waals surface area contributed by atoms with E-state index >= 15 is 0 Å². The minimum atomic E-state index is -3.80. The molecule has 0 atom stereocenters. The summed E-state index contributed by atoms with van der Waals surface area (Å²) >= 11 is 0. The van der Waals surface area contributed by atoms with Gasteiger partial charge in [0.1, 0.15) is 0 Å². The van der Waals surface area contributed by atoms with Crippen molar-refractivity contribution < 1.29 is 32.2 Å². The molecule has 0 saturated heterocycles. The second-order valence-corrected chi connectivity index (χ2v) is 9.17. The average molecular weight is 487 g/mol. The summed E-state index contributed by atoms with van der Waals surface area (Å²) in [5.74, 6) is 0.145. The number of hydrogen-bond donors (Lipinski definition) is 1.